The van der Waals surface area contributed by atoms with Crippen LogP contribution >= 0.6 is 11.8 Å². The Morgan fingerprint density at radius 3 is 2.76 bits per heavy atom. The molecule has 0 aliphatic rings. The number of benzene rings is 1. The van der Waals surface area contributed by atoms with Gasteiger partial charge in [0.1, 0.15) is 11.7 Å². The molecule has 2 aromatic rings. The van der Waals surface area contributed by atoms with Crippen molar-refractivity contribution in [2.24, 2.45) is 5.73 Å². The van der Waals surface area contributed by atoms with Crippen molar-refractivity contribution in [2.75, 3.05) is 0 Å². The van der Waals surface area contributed by atoms with Crippen molar-refractivity contribution in [3.05, 3.63) is 35.2 Å². The predicted molar refractivity (Wildman–Crippen MR) is 67.4 cm³/mol. The summed E-state index contributed by atoms with van der Waals surface area (Å²) in [7, 11) is 0. The Hall–Kier alpha value is -1.82. The lowest BCUT2D eigenvalue weighted by Crippen LogP contribution is -2.12. The minimum atomic E-state index is 0.0553. The number of H-pyrrole nitrogens is 1. The summed E-state index contributed by atoms with van der Waals surface area (Å²) in [5, 5.41) is 15.0. The molecule has 2 rings (SSSR count). The highest BCUT2D eigenvalue weighted by Crippen LogP contribution is 2.28. The highest BCUT2D eigenvalue weighted by atomic mass is 32.2. The summed E-state index contributed by atoms with van der Waals surface area (Å²) in [6.45, 7) is 3.84. The number of aromatic nitrogens is 3. The zero-order valence-electron chi connectivity index (χ0n) is 9.61. The fourth-order valence-corrected chi connectivity index (χ4v) is 2.41. The molecule has 0 unspecified atom stereocenters. The molecule has 0 fully saturated rings. The largest absolute Gasteiger partial charge is 0.384 e. The Labute approximate surface area is 103 Å². The van der Waals surface area contributed by atoms with E-state index in [2.05, 4.69) is 15.2 Å². The van der Waals surface area contributed by atoms with Gasteiger partial charge < -0.3 is 5.73 Å². The van der Waals surface area contributed by atoms with E-state index in [1.54, 1.807) is 0 Å². The molecular weight excluding hydrogens is 234 g/mol. The fourth-order valence-electron chi connectivity index (χ4n) is 1.40. The van der Waals surface area contributed by atoms with Crippen LogP contribution in [0.4, 0.5) is 0 Å². The molecule has 0 atom stereocenters. The van der Waals surface area contributed by atoms with Crippen LogP contribution in [0.2, 0.25) is 0 Å². The topological polar surface area (TPSA) is 91.4 Å². The molecule has 5 nitrogen and oxygen atoms in total. The van der Waals surface area contributed by atoms with Gasteiger partial charge in [-0.2, -0.15) is 0 Å². The van der Waals surface area contributed by atoms with Crippen LogP contribution in [0.5, 0.6) is 0 Å². The van der Waals surface area contributed by atoms with Gasteiger partial charge in [-0.15, -0.1) is 5.10 Å². The molecule has 0 amide bonds. The first-order valence-corrected chi connectivity index (χ1v) is 5.90. The normalized spacial score (nSPS) is 10.5. The van der Waals surface area contributed by atoms with Gasteiger partial charge in [0, 0.05) is 10.5 Å². The number of hydrogen-bond acceptors (Lipinski definition) is 4. The Kier molecular flexibility index (Phi) is 3.14. The third kappa shape index (κ3) is 2.65. The van der Waals surface area contributed by atoms with Crippen LogP contribution in [0.25, 0.3) is 0 Å². The maximum Gasteiger partial charge on any atom is 0.213 e. The summed E-state index contributed by atoms with van der Waals surface area (Å²) >= 11 is 1.40. The molecule has 0 aliphatic carbocycles. The summed E-state index contributed by atoms with van der Waals surface area (Å²) in [6.07, 6.45) is 0. The summed E-state index contributed by atoms with van der Waals surface area (Å²) in [5.41, 5.74) is 7.37. The van der Waals surface area contributed by atoms with Crippen LogP contribution in [-0.2, 0) is 0 Å². The van der Waals surface area contributed by atoms with Gasteiger partial charge in [0.05, 0.1) is 0 Å². The van der Waals surface area contributed by atoms with Gasteiger partial charge in [0.15, 0.2) is 0 Å². The van der Waals surface area contributed by atoms with E-state index in [1.165, 1.54) is 11.8 Å². The molecule has 0 saturated carbocycles. The third-order valence-electron chi connectivity index (χ3n) is 2.21. The van der Waals surface area contributed by atoms with E-state index in [-0.39, 0.29) is 5.84 Å². The maximum absolute atomic E-state index is 7.53. The predicted octanol–water partition coefficient (Wildman–Crippen LogP) is 1.86. The molecule has 4 N–H and O–H groups in total. The smallest absolute Gasteiger partial charge is 0.213 e. The number of aryl methyl sites for hydroxylation is 2. The molecule has 6 heteroatoms. The number of aromatic amines is 1. The first kappa shape index (κ1) is 11.7. The van der Waals surface area contributed by atoms with Crippen molar-refractivity contribution in [1.29, 1.82) is 5.41 Å². The van der Waals surface area contributed by atoms with Crippen LogP contribution in [-0.4, -0.2) is 21.0 Å². The van der Waals surface area contributed by atoms with Crippen molar-refractivity contribution < 1.29 is 0 Å². The lowest BCUT2D eigenvalue weighted by Gasteiger charge is -2.06. The quantitative estimate of drug-likeness (QED) is 0.570. The number of hydrogen-bond donors (Lipinski definition) is 3. The molecule has 0 spiro atoms. The standard InChI is InChI=1S/C11H13N5S/c1-6-3-4-8(10(12)13)9(5-6)17-11-14-7(2)15-16-11/h3-5H,1-2H3,(H3,12,13)(H,14,15,16). The number of nitrogen functional groups attached to an aromatic ring is 1. The van der Waals surface area contributed by atoms with Gasteiger partial charge in [0.25, 0.3) is 0 Å². The zero-order chi connectivity index (χ0) is 12.4. The molecule has 0 bridgehead atoms. The molecule has 1 aromatic carbocycles. The average molecular weight is 247 g/mol. The Morgan fingerprint density at radius 1 is 1.41 bits per heavy atom. The van der Waals surface area contributed by atoms with Crippen LogP contribution in [0.15, 0.2) is 28.3 Å². The lowest BCUT2D eigenvalue weighted by molar-refractivity contribution is 0.969. The van der Waals surface area contributed by atoms with Gasteiger partial charge in [-0.1, -0.05) is 6.07 Å². The Bertz CT molecular complexity index is 561. The van der Waals surface area contributed by atoms with E-state index in [4.69, 9.17) is 11.1 Å². The molecule has 0 saturated heterocycles. The summed E-state index contributed by atoms with van der Waals surface area (Å²) in [6, 6.07) is 5.76. The SMILES string of the molecule is Cc1ccc(C(=N)N)c(Sc2n[nH]c(C)n2)c1. The second-order valence-electron chi connectivity index (χ2n) is 3.72. The zero-order valence-corrected chi connectivity index (χ0v) is 10.4. The highest BCUT2D eigenvalue weighted by Gasteiger charge is 2.10. The van der Waals surface area contributed by atoms with Gasteiger partial charge in [-0.3, -0.25) is 10.5 Å². The first-order valence-electron chi connectivity index (χ1n) is 5.08. The van der Waals surface area contributed by atoms with E-state index in [9.17, 15) is 0 Å². The Morgan fingerprint density at radius 2 is 2.18 bits per heavy atom. The number of amidine groups is 1. The number of rotatable bonds is 3. The number of nitrogens with two attached hydrogens (primary N) is 1. The summed E-state index contributed by atoms with van der Waals surface area (Å²) in [5.74, 6) is 0.823. The van der Waals surface area contributed by atoms with Crippen molar-refractivity contribution in [2.45, 2.75) is 23.9 Å². The maximum atomic E-state index is 7.53. The van der Waals surface area contributed by atoms with Crippen LogP contribution in [0, 0.1) is 19.3 Å². The first-order chi connectivity index (χ1) is 8.06. The molecule has 0 aliphatic heterocycles. The van der Waals surface area contributed by atoms with E-state index in [0.29, 0.717) is 10.7 Å². The van der Waals surface area contributed by atoms with Crippen molar-refractivity contribution in [3.63, 3.8) is 0 Å². The van der Waals surface area contributed by atoms with E-state index >= 15 is 0 Å². The minimum absolute atomic E-state index is 0.0553. The van der Waals surface area contributed by atoms with Gasteiger partial charge in [0.2, 0.25) is 5.16 Å². The van der Waals surface area contributed by atoms with E-state index in [1.807, 2.05) is 32.0 Å². The molecule has 1 aromatic heterocycles. The van der Waals surface area contributed by atoms with Crippen molar-refractivity contribution in [1.82, 2.24) is 15.2 Å². The summed E-state index contributed by atoms with van der Waals surface area (Å²) < 4.78 is 0. The van der Waals surface area contributed by atoms with Crippen LogP contribution in [0.1, 0.15) is 17.0 Å². The molecule has 17 heavy (non-hydrogen) atoms. The minimum Gasteiger partial charge on any atom is -0.384 e. The molecule has 0 radical (unpaired) electrons. The lowest BCUT2D eigenvalue weighted by atomic mass is 10.1. The van der Waals surface area contributed by atoms with Gasteiger partial charge in [-0.05, 0) is 43.3 Å². The molecular formula is C11H13N5S. The van der Waals surface area contributed by atoms with Gasteiger partial charge >= 0.3 is 0 Å². The van der Waals surface area contributed by atoms with Crippen molar-refractivity contribution >= 4 is 17.6 Å². The average Bonchev–Trinajstić information content (AvgIpc) is 2.63. The van der Waals surface area contributed by atoms with Gasteiger partial charge in [-0.25, -0.2) is 4.98 Å². The van der Waals surface area contributed by atoms with E-state index < -0.39 is 0 Å². The van der Waals surface area contributed by atoms with Crippen molar-refractivity contribution in [3.8, 4) is 0 Å². The van der Waals surface area contributed by atoms with Crippen LogP contribution < -0.4 is 5.73 Å². The Balaban J connectivity index is 2.37. The molecule has 1 heterocycles. The third-order valence-corrected chi connectivity index (χ3v) is 3.13. The number of nitrogens with one attached hydrogen (secondary N) is 2. The van der Waals surface area contributed by atoms with E-state index in [0.717, 1.165) is 16.3 Å². The second kappa shape index (κ2) is 4.58. The monoisotopic (exact) mass is 247 g/mol. The van der Waals surface area contributed by atoms with Crippen LogP contribution in [0.3, 0.4) is 0 Å². The second-order valence-corrected chi connectivity index (χ2v) is 4.73. The summed E-state index contributed by atoms with van der Waals surface area (Å²) in [4.78, 5) is 5.12. The molecule has 88 valence electrons. The highest BCUT2D eigenvalue weighted by molar-refractivity contribution is 7.99. The fraction of sp³-hybridized carbons (Fsp3) is 0.182. The number of nitrogens with zero attached hydrogens (tertiary/aromatic N) is 2.